The van der Waals surface area contributed by atoms with E-state index in [9.17, 15) is 9.59 Å². The fourth-order valence-electron chi connectivity index (χ4n) is 2.57. The first-order chi connectivity index (χ1) is 11.5. The van der Waals surface area contributed by atoms with E-state index < -0.39 is 6.04 Å². The van der Waals surface area contributed by atoms with E-state index in [-0.39, 0.29) is 11.8 Å². The monoisotopic (exact) mass is 327 g/mol. The molecule has 2 amide bonds. The van der Waals surface area contributed by atoms with Crippen molar-refractivity contribution >= 4 is 11.8 Å². The average molecular weight is 327 g/mol. The normalized spacial score (nSPS) is 12.0. The van der Waals surface area contributed by atoms with Crippen molar-refractivity contribution in [3.63, 3.8) is 0 Å². The second-order valence-corrected chi connectivity index (χ2v) is 6.32. The Bertz CT molecular complexity index is 660. The molecule has 1 aromatic carbocycles. The predicted octanol–water partition coefficient (Wildman–Crippen LogP) is 2.43. The number of hydrogen-bond donors (Lipinski definition) is 2. The molecule has 5 heteroatoms. The molecule has 128 valence electrons. The van der Waals surface area contributed by atoms with E-state index in [0.717, 1.165) is 12.1 Å². The summed E-state index contributed by atoms with van der Waals surface area (Å²) in [5.74, 6) is -0.0745. The molecule has 0 saturated carbocycles. The largest absolute Gasteiger partial charge is 0.357 e. The Balaban J connectivity index is 2.01. The van der Waals surface area contributed by atoms with Gasteiger partial charge in [-0.3, -0.25) is 9.59 Å². The van der Waals surface area contributed by atoms with E-state index in [4.69, 9.17) is 0 Å². The third-order valence-electron chi connectivity index (χ3n) is 3.82. The summed E-state index contributed by atoms with van der Waals surface area (Å²) in [6.45, 7) is 4.82. The molecule has 1 heterocycles. The fraction of sp³-hybridized carbons (Fsp3) is 0.368. The van der Waals surface area contributed by atoms with Crippen molar-refractivity contribution in [3.05, 3.63) is 59.9 Å². The molecule has 5 nitrogen and oxygen atoms in total. The van der Waals surface area contributed by atoms with Crippen LogP contribution in [0.4, 0.5) is 0 Å². The van der Waals surface area contributed by atoms with Gasteiger partial charge in [-0.15, -0.1) is 0 Å². The van der Waals surface area contributed by atoms with E-state index in [1.807, 2.05) is 50.5 Å². The maximum atomic E-state index is 12.4. The lowest BCUT2D eigenvalue weighted by Gasteiger charge is -2.19. The molecule has 2 N–H and O–H groups in total. The van der Waals surface area contributed by atoms with Gasteiger partial charge in [0.05, 0.1) is 0 Å². The van der Waals surface area contributed by atoms with Gasteiger partial charge in [0.15, 0.2) is 0 Å². The van der Waals surface area contributed by atoms with Crippen LogP contribution >= 0.6 is 0 Å². The van der Waals surface area contributed by atoms with Gasteiger partial charge in [-0.25, -0.2) is 0 Å². The molecule has 0 bridgehead atoms. The van der Waals surface area contributed by atoms with Crippen molar-refractivity contribution in [1.82, 2.24) is 15.2 Å². The minimum atomic E-state index is -0.512. The zero-order valence-electron chi connectivity index (χ0n) is 14.5. The summed E-state index contributed by atoms with van der Waals surface area (Å²) in [6.07, 6.45) is 4.61. The van der Waals surface area contributed by atoms with Gasteiger partial charge in [0.25, 0.3) is 5.91 Å². The van der Waals surface area contributed by atoms with Gasteiger partial charge in [-0.1, -0.05) is 26.0 Å². The Hall–Kier alpha value is -2.56. The molecule has 2 rings (SSSR count). The third kappa shape index (κ3) is 4.98. The number of carbonyl (C=O) groups is 2. The lowest BCUT2D eigenvalue weighted by molar-refractivity contribution is -0.122. The van der Waals surface area contributed by atoms with Crippen LogP contribution in [0.1, 0.15) is 36.2 Å². The summed E-state index contributed by atoms with van der Waals surface area (Å²) in [6, 6.07) is 10.9. The van der Waals surface area contributed by atoms with E-state index >= 15 is 0 Å². The molecule has 0 fully saturated rings. The number of hydrogen-bond acceptors (Lipinski definition) is 2. The maximum Gasteiger partial charge on any atom is 0.251 e. The van der Waals surface area contributed by atoms with Gasteiger partial charge >= 0.3 is 0 Å². The second-order valence-electron chi connectivity index (χ2n) is 6.32. The summed E-state index contributed by atoms with van der Waals surface area (Å²) in [7, 11) is 1.58. The Morgan fingerprint density at radius 3 is 2.25 bits per heavy atom. The van der Waals surface area contributed by atoms with E-state index in [0.29, 0.717) is 17.9 Å². The number of carbonyl (C=O) groups excluding carboxylic acids is 2. The van der Waals surface area contributed by atoms with E-state index in [1.165, 1.54) is 0 Å². The highest BCUT2D eigenvalue weighted by Gasteiger charge is 2.21. The number of nitrogens with zero attached hydrogens (tertiary/aromatic N) is 1. The lowest BCUT2D eigenvalue weighted by atomic mass is 10.0. The summed E-state index contributed by atoms with van der Waals surface area (Å²) < 4.78 is 2.07. The molecule has 1 aromatic heterocycles. The average Bonchev–Trinajstić information content (AvgIpc) is 3.06. The zero-order chi connectivity index (χ0) is 17.5. The van der Waals surface area contributed by atoms with Crippen LogP contribution in [0.25, 0.3) is 0 Å². The van der Waals surface area contributed by atoms with E-state index in [2.05, 4.69) is 15.2 Å². The number of aromatic nitrogens is 1. The van der Waals surface area contributed by atoms with Crippen LogP contribution in [0.15, 0.2) is 48.8 Å². The topological polar surface area (TPSA) is 63.1 Å². The van der Waals surface area contributed by atoms with Crippen molar-refractivity contribution in [3.8, 4) is 0 Å². The number of amides is 2. The Labute approximate surface area is 143 Å². The first-order valence-electron chi connectivity index (χ1n) is 8.21. The van der Waals surface area contributed by atoms with Gasteiger partial charge < -0.3 is 15.2 Å². The smallest absolute Gasteiger partial charge is 0.251 e. The minimum absolute atomic E-state index is 0.165. The van der Waals surface area contributed by atoms with Gasteiger partial charge in [0, 0.05) is 31.5 Å². The van der Waals surface area contributed by atoms with Crippen LogP contribution in [0.2, 0.25) is 0 Å². The molecule has 0 aliphatic heterocycles. The van der Waals surface area contributed by atoms with Crippen molar-refractivity contribution in [2.24, 2.45) is 5.92 Å². The quantitative estimate of drug-likeness (QED) is 0.820. The van der Waals surface area contributed by atoms with Crippen LogP contribution < -0.4 is 10.6 Å². The highest BCUT2D eigenvalue weighted by Crippen LogP contribution is 2.09. The van der Waals surface area contributed by atoms with Crippen molar-refractivity contribution < 1.29 is 9.59 Å². The number of likely N-dealkylation sites (N-methyl/N-ethyl adjacent to an activating group) is 1. The lowest BCUT2D eigenvalue weighted by Crippen LogP contribution is -2.46. The van der Waals surface area contributed by atoms with Crippen LogP contribution in [0.3, 0.4) is 0 Å². The minimum Gasteiger partial charge on any atom is -0.357 e. The summed E-state index contributed by atoms with van der Waals surface area (Å²) in [5.41, 5.74) is 1.68. The maximum absolute atomic E-state index is 12.4. The third-order valence-corrected chi connectivity index (χ3v) is 3.82. The molecular weight excluding hydrogens is 302 g/mol. The SMILES string of the molecule is CNC(=O)[C@@H](CC(C)C)NC(=O)c1ccc(Cn2cccc2)cc1. The van der Waals surface area contributed by atoms with Crippen LogP contribution in [-0.4, -0.2) is 29.5 Å². The fourth-order valence-corrected chi connectivity index (χ4v) is 2.57. The van der Waals surface area contributed by atoms with Gasteiger partial charge in [-0.05, 0) is 42.2 Å². The van der Waals surface area contributed by atoms with Gasteiger partial charge in [0.1, 0.15) is 6.04 Å². The van der Waals surface area contributed by atoms with Gasteiger partial charge in [0.2, 0.25) is 5.91 Å². The molecule has 1 atom stereocenters. The highest BCUT2D eigenvalue weighted by atomic mass is 16.2. The first kappa shape index (κ1) is 17.8. The molecular formula is C19H25N3O2. The molecule has 0 aliphatic carbocycles. The molecule has 24 heavy (non-hydrogen) atoms. The Kier molecular flexibility index (Phi) is 6.18. The molecule has 0 aliphatic rings. The second kappa shape index (κ2) is 8.34. The zero-order valence-corrected chi connectivity index (χ0v) is 14.5. The van der Waals surface area contributed by atoms with Crippen LogP contribution in [-0.2, 0) is 11.3 Å². The number of benzene rings is 1. The van der Waals surface area contributed by atoms with Gasteiger partial charge in [-0.2, -0.15) is 0 Å². The first-order valence-corrected chi connectivity index (χ1v) is 8.21. The standard InChI is InChI=1S/C19H25N3O2/c1-14(2)12-17(19(24)20-3)21-18(23)16-8-6-15(7-9-16)13-22-10-4-5-11-22/h4-11,14,17H,12-13H2,1-3H3,(H,20,24)(H,21,23)/t17-/m1/s1. The molecule has 0 saturated heterocycles. The van der Waals surface area contributed by atoms with Crippen molar-refractivity contribution in [2.75, 3.05) is 7.05 Å². The Morgan fingerprint density at radius 1 is 1.08 bits per heavy atom. The van der Waals surface area contributed by atoms with E-state index in [1.54, 1.807) is 19.2 Å². The highest BCUT2D eigenvalue weighted by molar-refractivity contribution is 5.97. The van der Waals surface area contributed by atoms with Crippen molar-refractivity contribution in [2.45, 2.75) is 32.9 Å². The number of nitrogens with one attached hydrogen (secondary N) is 2. The van der Waals surface area contributed by atoms with Crippen molar-refractivity contribution in [1.29, 1.82) is 0 Å². The Morgan fingerprint density at radius 2 is 1.71 bits per heavy atom. The molecule has 0 spiro atoms. The van der Waals surface area contributed by atoms with Crippen LogP contribution in [0.5, 0.6) is 0 Å². The van der Waals surface area contributed by atoms with Crippen LogP contribution in [0, 0.1) is 5.92 Å². The summed E-state index contributed by atoms with van der Waals surface area (Å²) in [5, 5.41) is 5.43. The summed E-state index contributed by atoms with van der Waals surface area (Å²) >= 11 is 0. The molecule has 0 unspecified atom stereocenters. The summed E-state index contributed by atoms with van der Waals surface area (Å²) in [4.78, 5) is 24.3. The molecule has 2 aromatic rings. The predicted molar refractivity (Wildman–Crippen MR) is 94.8 cm³/mol. The number of rotatable bonds is 7. The molecule has 0 radical (unpaired) electrons.